The fourth-order valence-electron chi connectivity index (χ4n) is 1.39. The molecule has 12 heavy (non-hydrogen) atoms. The van der Waals surface area contributed by atoms with Crippen LogP contribution in [0.15, 0.2) is 12.3 Å². The van der Waals surface area contributed by atoms with Gasteiger partial charge >= 0.3 is 0 Å². The lowest BCUT2D eigenvalue weighted by atomic mass is 10.0. The first kappa shape index (κ1) is 8.97. The predicted octanol–water partition coefficient (Wildman–Crippen LogP) is 1.10. The highest BCUT2D eigenvalue weighted by molar-refractivity contribution is 5.92. The van der Waals surface area contributed by atoms with Gasteiger partial charge in [-0.2, -0.15) is 0 Å². The minimum atomic E-state index is 0.00519. The van der Waals surface area contributed by atoms with E-state index in [0.29, 0.717) is 6.42 Å². The van der Waals surface area contributed by atoms with Gasteiger partial charge in [0.15, 0.2) is 5.78 Å². The Hall–Kier alpha value is -1.12. The maximum atomic E-state index is 11.0. The summed E-state index contributed by atoms with van der Waals surface area (Å²) in [6.07, 6.45) is 4.35. The van der Waals surface area contributed by atoms with Gasteiger partial charge in [0.2, 0.25) is 5.91 Å². The second-order valence-electron chi connectivity index (χ2n) is 2.97. The van der Waals surface area contributed by atoms with Crippen LogP contribution in [0.5, 0.6) is 0 Å². The Bertz CT molecular complexity index is 233. The molecule has 0 saturated heterocycles. The van der Waals surface area contributed by atoms with Crippen LogP contribution in [-0.4, -0.2) is 22.6 Å². The molecule has 1 atom stereocenters. The molecule has 1 amide bonds. The maximum Gasteiger partial charge on any atom is 0.223 e. The van der Waals surface area contributed by atoms with Gasteiger partial charge in [0.05, 0.1) is 0 Å². The molecule has 0 spiro atoms. The summed E-state index contributed by atoms with van der Waals surface area (Å²) in [5, 5.41) is 0. The van der Waals surface area contributed by atoms with Crippen molar-refractivity contribution in [3.05, 3.63) is 12.3 Å². The van der Waals surface area contributed by atoms with E-state index in [-0.39, 0.29) is 17.7 Å². The smallest absolute Gasteiger partial charge is 0.223 e. The zero-order chi connectivity index (χ0) is 9.14. The molecule has 0 aromatic carbocycles. The van der Waals surface area contributed by atoms with E-state index in [1.54, 1.807) is 11.1 Å². The van der Waals surface area contributed by atoms with Crippen LogP contribution in [0.3, 0.4) is 0 Å². The molecule has 0 aromatic rings. The molecule has 0 N–H and O–H groups in total. The molecule has 1 rings (SSSR count). The quantitative estimate of drug-likeness (QED) is 0.586. The van der Waals surface area contributed by atoms with Crippen LogP contribution in [0.25, 0.3) is 0 Å². The Labute approximate surface area is 72.0 Å². The van der Waals surface area contributed by atoms with Crippen LogP contribution >= 0.6 is 0 Å². The molecular weight excluding hydrogens is 154 g/mol. The Morgan fingerprint density at radius 3 is 2.92 bits per heavy atom. The number of carbonyl (C=O) groups is 2. The monoisotopic (exact) mass is 167 g/mol. The highest BCUT2D eigenvalue weighted by Gasteiger charge is 2.22. The first-order chi connectivity index (χ1) is 5.65. The van der Waals surface area contributed by atoms with Gasteiger partial charge in [-0.25, -0.2) is 0 Å². The van der Waals surface area contributed by atoms with Gasteiger partial charge < -0.3 is 4.90 Å². The zero-order valence-corrected chi connectivity index (χ0v) is 7.41. The average molecular weight is 167 g/mol. The second kappa shape index (κ2) is 3.52. The van der Waals surface area contributed by atoms with Gasteiger partial charge in [-0.15, -0.1) is 0 Å². The average Bonchev–Trinajstić information content (AvgIpc) is 2.03. The van der Waals surface area contributed by atoms with E-state index in [1.165, 1.54) is 13.0 Å². The van der Waals surface area contributed by atoms with Crippen molar-refractivity contribution in [2.75, 3.05) is 0 Å². The molecule has 3 nitrogen and oxygen atoms in total. The van der Waals surface area contributed by atoms with Crippen LogP contribution in [0.2, 0.25) is 0 Å². The number of hydrogen-bond acceptors (Lipinski definition) is 2. The minimum absolute atomic E-state index is 0.00519. The van der Waals surface area contributed by atoms with E-state index in [4.69, 9.17) is 0 Å². The van der Waals surface area contributed by atoms with E-state index < -0.39 is 0 Å². The van der Waals surface area contributed by atoms with E-state index >= 15 is 0 Å². The van der Waals surface area contributed by atoms with Gasteiger partial charge in [0, 0.05) is 25.6 Å². The molecule has 0 fully saturated rings. The lowest BCUT2D eigenvalue weighted by Crippen LogP contribution is -2.38. The van der Waals surface area contributed by atoms with Crippen LogP contribution in [-0.2, 0) is 9.59 Å². The van der Waals surface area contributed by atoms with Crippen LogP contribution in [0, 0.1) is 0 Å². The molecule has 0 radical (unpaired) electrons. The van der Waals surface area contributed by atoms with Crippen molar-refractivity contribution in [2.24, 2.45) is 0 Å². The van der Waals surface area contributed by atoms with Crippen molar-refractivity contribution in [3.8, 4) is 0 Å². The number of hydrogen-bond donors (Lipinski definition) is 0. The Kier molecular flexibility index (Phi) is 2.63. The normalized spacial score (nSPS) is 23.0. The number of ketones is 1. The number of carbonyl (C=O) groups excluding carboxylic acids is 2. The molecular formula is C9H13NO2. The largest absolute Gasteiger partial charge is 0.316 e. The number of nitrogens with zero attached hydrogens (tertiary/aromatic N) is 1. The minimum Gasteiger partial charge on any atom is -0.316 e. The third-order valence-electron chi connectivity index (χ3n) is 2.09. The molecule has 1 heterocycles. The summed E-state index contributed by atoms with van der Waals surface area (Å²) >= 11 is 0. The topological polar surface area (TPSA) is 37.4 Å². The summed E-state index contributed by atoms with van der Waals surface area (Å²) in [6, 6.07) is 0.0694. The van der Waals surface area contributed by atoms with Crippen molar-refractivity contribution in [3.63, 3.8) is 0 Å². The fourth-order valence-corrected chi connectivity index (χ4v) is 1.39. The first-order valence-electron chi connectivity index (χ1n) is 4.15. The molecule has 0 bridgehead atoms. The third kappa shape index (κ3) is 1.72. The summed E-state index contributed by atoms with van der Waals surface area (Å²) in [6.45, 7) is 3.50. The zero-order valence-electron chi connectivity index (χ0n) is 7.41. The van der Waals surface area contributed by atoms with Crippen molar-refractivity contribution in [1.82, 2.24) is 4.90 Å². The lowest BCUT2D eigenvalue weighted by molar-refractivity contribution is -0.129. The van der Waals surface area contributed by atoms with E-state index in [1.807, 2.05) is 6.92 Å². The highest BCUT2D eigenvalue weighted by atomic mass is 16.2. The summed E-state index contributed by atoms with van der Waals surface area (Å²) in [7, 11) is 0. The van der Waals surface area contributed by atoms with E-state index in [0.717, 1.165) is 6.42 Å². The van der Waals surface area contributed by atoms with Gasteiger partial charge in [-0.1, -0.05) is 6.92 Å². The van der Waals surface area contributed by atoms with Crippen molar-refractivity contribution in [1.29, 1.82) is 0 Å². The van der Waals surface area contributed by atoms with Gasteiger partial charge in [0.1, 0.15) is 0 Å². The number of allylic oxidation sites excluding steroid dienone is 1. The molecule has 0 saturated carbocycles. The van der Waals surface area contributed by atoms with Gasteiger partial charge in [0.25, 0.3) is 0 Å². The standard InChI is InChI=1S/C9H13NO2/c1-3-8-6-9(12)4-5-10(8)7(2)11/h4-5,8H,3,6H2,1-2H3/t8-/m1/s1. The lowest BCUT2D eigenvalue weighted by Gasteiger charge is -2.28. The van der Waals surface area contributed by atoms with Crippen molar-refractivity contribution >= 4 is 11.7 Å². The molecule has 1 aliphatic rings. The summed E-state index contributed by atoms with van der Waals surface area (Å²) in [5.74, 6) is 0.116. The molecule has 3 heteroatoms. The fraction of sp³-hybridized carbons (Fsp3) is 0.556. The number of amides is 1. The Morgan fingerprint density at radius 2 is 2.42 bits per heavy atom. The SMILES string of the molecule is CC[C@@H]1CC(=O)C=CN1C(C)=O. The van der Waals surface area contributed by atoms with Crippen LogP contribution < -0.4 is 0 Å². The first-order valence-corrected chi connectivity index (χ1v) is 4.15. The number of rotatable bonds is 1. The van der Waals surface area contributed by atoms with Crippen LogP contribution in [0.1, 0.15) is 26.7 Å². The maximum absolute atomic E-state index is 11.0. The van der Waals surface area contributed by atoms with Crippen molar-refractivity contribution < 1.29 is 9.59 Å². The third-order valence-corrected chi connectivity index (χ3v) is 2.09. The molecule has 0 aromatic heterocycles. The van der Waals surface area contributed by atoms with Crippen LogP contribution in [0.4, 0.5) is 0 Å². The summed E-state index contributed by atoms with van der Waals surface area (Å²) < 4.78 is 0. The molecule has 0 aliphatic carbocycles. The molecule has 1 aliphatic heterocycles. The highest BCUT2D eigenvalue weighted by Crippen LogP contribution is 2.15. The Morgan fingerprint density at radius 1 is 1.75 bits per heavy atom. The molecule has 66 valence electrons. The van der Waals surface area contributed by atoms with E-state index in [2.05, 4.69) is 0 Å². The Balaban J connectivity index is 2.78. The molecule has 0 unspecified atom stereocenters. The van der Waals surface area contributed by atoms with Gasteiger partial charge in [-0.3, -0.25) is 9.59 Å². The van der Waals surface area contributed by atoms with E-state index in [9.17, 15) is 9.59 Å². The summed E-state index contributed by atoms with van der Waals surface area (Å²) in [5.41, 5.74) is 0. The summed E-state index contributed by atoms with van der Waals surface area (Å²) in [4.78, 5) is 23.6. The van der Waals surface area contributed by atoms with Gasteiger partial charge in [-0.05, 0) is 12.5 Å². The predicted molar refractivity (Wildman–Crippen MR) is 45.4 cm³/mol. The van der Waals surface area contributed by atoms with Crippen molar-refractivity contribution in [2.45, 2.75) is 32.7 Å². The second-order valence-corrected chi connectivity index (χ2v) is 2.97.